The molecule has 2 amide bonds. The van der Waals surface area contributed by atoms with Gasteiger partial charge in [-0.25, -0.2) is 28.0 Å². The first kappa shape index (κ1) is 44.9. The number of nitrogens with one attached hydrogen (secondary N) is 1. The zero-order valence-electron chi connectivity index (χ0n) is 31.4. The van der Waals surface area contributed by atoms with Gasteiger partial charge >= 0.3 is 11.9 Å². The number of esters is 1. The van der Waals surface area contributed by atoms with Gasteiger partial charge in [0.1, 0.15) is 27.8 Å². The molecular weight excluding hydrogens is 894 g/mol. The number of oxime groups is 1. The number of hydrogen-bond donors (Lipinski definition) is 7. The minimum absolute atomic E-state index is 0. The number of phenols is 4. The van der Waals surface area contributed by atoms with E-state index in [1.807, 2.05) is 0 Å². The number of sulfone groups is 1. The molecule has 0 saturated carbocycles. The number of β-lactam (4-membered cyclic amide) rings is 1. The van der Waals surface area contributed by atoms with Gasteiger partial charge in [0.25, 0.3) is 17.6 Å². The van der Waals surface area contributed by atoms with Gasteiger partial charge in [0.15, 0.2) is 46.3 Å². The topological polar surface area (TPSA) is 332 Å². The van der Waals surface area contributed by atoms with Crippen molar-refractivity contribution in [3.05, 3.63) is 81.9 Å². The van der Waals surface area contributed by atoms with Gasteiger partial charge < -0.3 is 46.2 Å². The molecule has 0 bridgehead atoms. The van der Waals surface area contributed by atoms with Crippen molar-refractivity contribution in [1.29, 1.82) is 0 Å². The van der Waals surface area contributed by atoms with Crippen LogP contribution in [0, 0.1) is 6.92 Å². The normalized spacial score (nSPS) is 16.4. The van der Waals surface area contributed by atoms with E-state index in [1.54, 1.807) is 13.0 Å². The number of ether oxygens (including phenoxy) is 1. The van der Waals surface area contributed by atoms with E-state index in [-0.39, 0.29) is 81.4 Å². The summed E-state index contributed by atoms with van der Waals surface area (Å²) in [5, 5.41) is 60.3. The number of carbonyl (C=O) groups is 4. The number of aryl methyl sites for hydroxylation is 1. The van der Waals surface area contributed by atoms with E-state index in [4.69, 9.17) is 15.3 Å². The Labute approximate surface area is 377 Å². The maximum atomic E-state index is 13.5. The van der Waals surface area contributed by atoms with Crippen LogP contribution < -0.4 is 11.1 Å². The standard InChI is InChI=1S/C34H29N9O13S4.Na/c1-14-6-24(43-34(36-14)38-23(40-43)9-55-32(52)15-2-4-19(44)21(46)7-15)57-10-16-11-58-30-26(29(49)42(30)27(16)31(50)51)39-28(48)25(18-12-59-33(35)37-18)41-56-13-60(53,54)17-3-5-20(45)22(47)8-17;/h2-8,12,26,30,44-47H,9-11,13H2,1H3,(H2,35,37)(H,39,48)(H,50,51);/t26-,30-;/m1./s1. The van der Waals surface area contributed by atoms with E-state index in [0.717, 1.165) is 46.6 Å². The number of carboxylic acids is 1. The number of phenolic OH excluding ortho intramolecular Hbond substituents is 4. The van der Waals surface area contributed by atoms with Crippen LogP contribution in [-0.2, 0) is 40.4 Å². The molecule has 313 valence electrons. The van der Waals surface area contributed by atoms with Gasteiger partial charge in [-0.15, -0.1) is 40.0 Å². The smallest absolute Gasteiger partial charge is 0.352 e. The number of anilines is 1. The van der Waals surface area contributed by atoms with Crippen molar-refractivity contribution < 1.29 is 62.7 Å². The largest absolute Gasteiger partial charge is 0.504 e. The molecule has 2 atom stereocenters. The average molecular weight is 923 g/mol. The van der Waals surface area contributed by atoms with Crippen molar-refractivity contribution in [2.75, 3.05) is 23.2 Å². The number of nitrogens with two attached hydrogens (primary N) is 1. The van der Waals surface area contributed by atoms with Gasteiger partial charge in [0, 0.05) is 58.2 Å². The van der Waals surface area contributed by atoms with Crippen LogP contribution in [0.15, 0.2) is 74.2 Å². The number of rotatable bonds is 14. The Bertz CT molecular complexity index is 2780. The molecule has 1 saturated heterocycles. The summed E-state index contributed by atoms with van der Waals surface area (Å²) in [5.41, 5.74) is 5.76. The number of fused-ring (bicyclic) bond motifs is 2. The predicted octanol–water partition coefficient (Wildman–Crippen LogP) is 0.953. The number of benzene rings is 2. The van der Waals surface area contributed by atoms with Crippen LogP contribution in [0.4, 0.5) is 5.13 Å². The number of nitrogen functional groups attached to an aromatic ring is 1. The van der Waals surface area contributed by atoms with Crippen LogP contribution in [0.1, 0.15) is 27.6 Å². The van der Waals surface area contributed by atoms with Gasteiger partial charge in [-0.2, -0.15) is 9.50 Å². The van der Waals surface area contributed by atoms with Gasteiger partial charge in [0.05, 0.1) is 10.5 Å². The van der Waals surface area contributed by atoms with Gasteiger partial charge in [-0.3, -0.25) is 14.5 Å². The van der Waals surface area contributed by atoms with Crippen molar-refractivity contribution in [3.63, 3.8) is 0 Å². The summed E-state index contributed by atoms with van der Waals surface area (Å²) in [5.74, 6) is -6.68. The molecule has 0 unspecified atom stereocenters. The Morgan fingerprint density at radius 3 is 2.43 bits per heavy atom. The number of thioether (sulfide) groups is 2. The number of aromatic hydroxyl groups is 4. The van der Waals surface area contributed by atoms with E-state index >= 15 is 0 Å². The maximum absolute atomic E-state index is 13.5. The SMILES string of the molecule is Cc1cc(SCC2=C(C(=O)O)N3C(=O)[C@@H](NC(=O)C(=NOCS(=O)(=O)c4ccc(O)c(O)c4)c4csc(N)n4)[C@H]3SC2)n2nc(COC(=O)c3ccc(O)c(O)c3)nc2n1.[Na]. The first-order chi connectivity index (χ1) is 28.5. The van der Waals surface area contributed by atoms with E-state index in [9.17, 15) is 53.1 Å². The number of nitrogens with zero attached hydrogens (tertiary/aromatic N) is 7. The number of carboxylic acid groups (broad SMARTS) is 1. The van der Waals surface area contributed by atoms with Crippen molar-refractivity contribution in [2.24, 2.45) is 5.16 Å². The van der Waals surface area contributed by atoms with Gasteiger partial charge in [0.2, 0.25) is 15.8 Å². The van der Waals surface area contributed by atoms with Crippen LogP contribution in [-0.4, -0.2) is 151 Å². The summed E-state index contributed by atoms with van der Waals surface area (Å²) >= 11 is 3.32. The molecule has 2 aliphatic rings. The van der Waals surface area contributed by atoms with Crippen LogP contribution in [0.5, 0.6) is 23.0 Å². The molecule has 7 rings (SSSR count). The third kappa shape index (κ3) is 9.48. The Hall–Kier alpha value is -5.64. The molecule has 8 N–H and O–H groups in total. The van der Waals surface area contributed by atoms with Gasteiger partial charge in [-0.05, 0) is 48.9 Å². The summed E-state index contributed by atoms with van der Waals surface area (Å²) in [7, 11) is -4.25. The Morgan fingerprint density at radius 1 is 1.03 bits per heavy atom. The van der Waals surface area contributed by atoms with Crippen molar-refractivity contribution in [1.82, 2.24) is 34.8 Å². The fourth-order valence-corrected chi connectivity index (χ4v) is 9.69. The number of thiazole rings is 1. The summed E-state index contributed by atoms with van der Waals surface area (Å²) in [6, 6.07) is 6.71. The molecule has 2 aliphatic heterocycles. The number of amides is 2. The van der Waals surface area contributed by atoms with Crippen LogP contribution in [0.3, 0.4) is 0 Å². The fraction of sp³-hybridized carbons (Fsp3) is 0.206. The van der Waals surface area contributed by atoms with E-state index < -0.39 is 84.6 Å². The first-order valence-electron chi connectivity index (χ1n) is 16.9. The number of hydrogen-bond acceptors (Lipinski definition) is 21. The predicted molar refractivity (Wildman–Crippen MR) is 217 cm³/mol. The molecule has 61 heavy (non-hydrogen) atoms. The van der Waals surface area contributed by atoms with Gasteiger partial charge in [-0.1, -0.05) is 5.16 Å². The molecule has 0 aliphatic carbocycles. The maximum Gasteiger partial charge on any atom is 0.352 e. The number of aromatic nitrogens is 5. The molecule has 0 spiro atoms. The zero-order valence-corrected chi connectivity index (χ0v) is 36.7. The summed E-state index contributed by atoms with van der Waals surface area (Å²) in [4.78, 5) is 70.5. The van der Waals surface area contributed by atoms with E-state index in [2.05, 4.69) is 30.5 Å². The van der Waals surface area contributed by atoms with Crippen LogP contribution in [0.2, 0.25) is 0 Å². The van der Waals surface area contributed by atoms with E-state index in [1.165, 1.54) is 39.5 Å². The quantitative estimate of drug-likeness (QED) is 0.0119. The van der Waals surface area contributed by atoms with Crippen molar-refractivity contribution >= 4 is 115 Å². The van der Waals surface area contributed by atoms with Crippen LogP contribution >= 0.6 is 34.9 Å². The molecule has 5 heterocycles. The molecule has 5 aromatic rings. The third-order valence-corrected chi connectivity index (χ3v) is 13.1. The minimum atomic E-state index is -4.25. The molecule has 1 radical (unpaired) electrons. The van der Waals surface area contributed by atoms with Crippen molar-refractivity contribution in [2.45, 2.75) is 34.9 Å². The second kappa shape index (κ2) is 18.1. The second-order valence-electron chi connectivity index (χ2n) is 12.7. The minimum Gasteiger partial charge on any atom is -0.504 e. The summed E-state index contributed by atoms with van der Waals surface area (Å²) in [6.45, 7) is 1.35. The fourth-order valence-electron chi connectivity index (χ4n) is 5.71. The zero-order chi connectivity index (χ0) is 43.0. The second-order valence-corrected chi connectivity index (χ2v) is 17.6. The number of aliphatic carboxylic acids is 1. The molecular formula is C34H29N9NaO13S4. The Balaban J connectivity index is 0.00000622. The molecule has 2 aromatic carbocycles. The summed E-state index contributed by atoms with van der Waals surface area (Å²) < 4.78 is 32.2. The first-order valence-corrected chi connectivity index (χ1v) is 21.5. The summed E-state index contributed by atoms with van der Waals surface area (Å²) in [6.07, 6.45) is 0. The molecule has 3 aromatic heterocycles. The van der Waals surface area contributed by atoms with Crippen molar-refractivity contribution in [3.8, 4) is 23.0 Å². The monoisotopic (exact) mass is 922 g/mol. The molecule has 1 fully saturated rings. The van der Waals surface area contributed by atoms with E-state index in [0.29, 0.717) is 16.3 Å². The molecule has 22 nitrogen and oxygen atoms in total. The molecule has 27 heteroatoms. The third-order valence-electron chi connectivity index (χ3n) is 8.57. The Morgan fingerprint density at radius 2 is 1.75 bits per heavy atom. The average Bonchev–Trinajstić information content (AvgIpc) is 3.83. The van der Waals surface area contributed by atoms with Crippen LogP contribution in [0.25, 0.3) is 5.78 Å². The Kier molecular flexibility index (Phi) is 13.4. The number of carbonyl (C=O) groups excluding carboxylic acids is 3.